The maximum Gasteiger partial charge on any atom is 0.277 e. The minimum absolute atomic E-state index is 0.469. The van der Waals surface area contributed by atoms with Gasteiger partial charge in [-0.2, -0.15) is 16.7 Å². The van der Waals surface area contributed by atoms with Crippen LogP contribution in [0.15, 0.2) is 38.4 Å². The first kappa shape index (κ1) is 15.9. The van der Waals surface area contributed by atoms with Crippen LogP contribution in [0.25, 0.3) is 11.5 Å². The fraction of sp³-hybridized carbons (Fsp3) is 0.286. The van der Waals surface area contributed by atoms with Crippen LogP contribution in [0.1, 0.15) is 11.7 Å². The van der Waals surface area contributed by atoms with Gasteiger partial charge in [-0.3, -0.25) is 0 Å². The Morgan fingerprint density at radius 2 is 1.96 bits per heavy atom. The molecule has 3 aromatic rings. The van der Waals surface area contributed by atoms with Crippen LogP contribution in [0.3, 0.4) is 0 Å². The second-order valence-corrected chi connectivity index (χ2v) is 6.22. The highest BCUT2D eigenvalue weighted by atomic mass is 32.2. The summed E-state index contributed by atoms with van der Waals surface area (Å²) in [5, 5.41) is 12.4. The Balaban J connectivity index is 1.62. The number of aromatic nitrogens is 4. The maximum atomic E-state index is 5.48. The van der Waals surface area contributed by atoms with Crippen LogP contribution >= 0.6 is 23.5 Å². The molecule has 0 aliphatic heterocycles. The van der Waals surface area contributed by atoms with Crippen molar-refractivity contribution in [3.8, 4) is 17.2 Å². The molecule has 0 atom stereocenters. The Labute approximate surface area is 141 Å². The van der Waals surface area contributed by atoms with Crippen LogP contribution in [-0.4, -0.2) is 33.7 Å². The SMILES string of the molecule is COc1ccc(-c2nc(CSc3nnc(CSC)o3)no2)cc1. The number of methoxy groups -OCH3 is 1. The van der Waals surface area contributed by atoms with Crippen molar-refractivity contribution >= 4 is 23.5 Å². The van der Waals surface area contributed by atoms with Crippen LogP contribution < -0.4 is 4.74 Å². The zero-order valence-electron chi connectivity index (χ0n) is 12.6. The first-order chi connectivity index (χ1) is 11.3. The van der Waals surface area contributed by atoms with Crippen molar-refractivity contribution in [3.63, 3.8) is 0 Å². The van der Waals surface area contributed by atoms with Crippen molar-refractivity contribution in [2.75, 3.05) is 13.4 Å². The van der Waals surface area contributed by atoms with Gasteiger partial charge in [-0.05, 0) is 30.5 Å². The topological polar surface area (TPSA) is 87.1 Å². The zero-order valence-corrected chi connectivity index (χ0v) is 14.2. The number of nitrogens with zero attached hydrogens (tertiary/aromatic N) is 4. The van der Waals surface area contributed by atoms with E-state index in [1.165, 1.54) is 11.8 Å². The quantitative estimate of drug-likeness (QED) is 0.596. The highest BCUT2D eigenvalue weighted by molar-refractivity contribution is 7.98. The summed E-state index contributed by atoms with van der Waals surface area (Å²) in [4.78, 5) is 4.36. The number of rotatable bonds is 7. The van der Waals surface area contributed by atoms with E-state index < -0.39 is 0 Å². The number of benzene rings is 1. The molecular formula is C14H14N4O3S2. The average Bonchev–Trinajstić information content (AvgIpc) is 3.23. The fourth-order valence-corrected chi connectivity index (χ4v) is 2.76. The normalized spacial score (nSPS) is 10.9. The van der Waals surface area contributed by atoms with Crippen molar-refractivity contribution in [1.29, 1.82) is 0 Å². The predicted molar refractivity (Wildman–Crippen MR) is 87.4 cm³/mol. The number of hydrogen-bond acceptors (Lipinski definition) is 9. The molecule has 2 heterocycles. The van der Waals surface area contributed by atoms with E-state index in [9.17, 15) is 0 Å². The van der Waals surface area contributed by atoms with E-state index in [1.807, 2.05) is 30.5 Å². The van der Waals surface area contributed by atoms with Crippen LogP contribution in [0.2, 0.25) is 0 Å². The van der Waals surface area contributed by atoms with Gasteiger partial charge in [-0.15, -0.1) is 10.2 Å². The van der Waals surface area contributed by atoms with Crippen molar-refractivity contribution in [2.45, 2.75) is 16.7 Å². The van der Waals surface area contributed by atoms with E-state index in [4.69, 9.17) is 13.7 Å². The third-order valence-electron chi connectivity index (χ3n) is 2.85. The average molecular weight is 350 g/mol. The maximum absolute atomic E-state index is 5.48. The molecule has 9 heteroatoms. The van der Waals surface area contributed by atoms with Gasteiger partial charge in [0.2, 0.25) is 5.89 Å². The third kappa shape index (κ3) is 4.05. The molecule has 23 heavy (non-hydrogen) atoms. The van der Waals surface area contributed by atoms with Gasteiger partial charge in [0.25, 0.3) is 11.1 Å². The lowest BCUT2D eigenvalue weighted by atomic mass is 10.2. The molecule has 0 aliphatic carbocycles. The van der Waals surface area contributed by atoms with Crippen molar-refractivity contribution in [1.82, 2.24) is 20.3 Å². The molecule has 0 unspecified atom stereocenters. The van der Waals surface area contributed by atoms with E-state index in [1.54, 1.807) is 18.9 Å². The fourth-order valence-electron chi connectivity index (χ4n) is 1.77. The molecule has 0 spiro atoms. The van der Waals surface area contributed by atoms with Gasteiger partial charge in [0.1, 0.15) is 5.75 Å². The molecule has 0 radical (unpaired) electrons. The van der Waals surface area contributed by atoms with Gasteiger partial charge >= 0.3 is 0 Å². The molecule has 1 aromatic carbocycles. The van der Waals surface area contributed by atoms with Crippen molar-refractivity contribution in [3.05, 3.63) is 36.0 Å². The van der Waals surface area contributed by atoms with E-state index in [0.717, 1.165) is 11.3 Å². The molecule has 0 aliphatic rings. The van der Waals surface area contributed by atoms with Gasteiger partial charge in [-0.25, -0.2) is 0 Å². The molecule has 0 fully saturated rings. The molecule has 0 bridgehead atoms. The number of ether oxygens (including phenoxy) is 1. The highest BCUT2D eigenvalue weighted by Gasteiger charge is 2.12. The summed E-state index contributed by atoms with van der Waals surface area (Å²) < 4.78 is 15.9. The van der Waals surface area contributed by atoms with Gasteiger partial charge in [0, 0.05) is 5.56 Å². The Hall–Kier alpha value is -2.00. The lowest BCUT2D eigenvalue weighted by Crippen LogP contribution is -1.85. The van der Waals surface area contributed by atoms with Crippen LogP contribution in [0.5, 0.6) is 5.75 Å². The Kier molecular flexibility index (Phi) is 5.19. The van der Waals surface area contributed by atoms with Crippen LogP contribution in [0, 0.1) is 0 Å². The summed E-state index contributed by atoms with van der Waals surface area (Å²) in [6.07, 6.45) is 1.98. The van der Waals surface area contributed by atoms with E-state index in [0.29, 0.717) is 34.3 Å². The smallest absolute Gasteiger partial charge is 0.277 e. The summed E-state index contributed by atoms with van der Waals surface area (Å²) in [6.45, 7) is 0. The molecule has 7 nitrogen and oxygen atoms in total. The van der Waals surface area contributed by atoms with Gasteiger partial charge < -0.3 is 13.7 Å². The van der Waals surface area contributed by atoms with Gasteiger partial charge in [0.05, 0.1) is 18.6 Å². The predicted octanol–water partition coefficient (Wildman–Crippen LogP) is 3.28. The van der Waals surface area contributed by atoms with Crippen LogP contribution in [-0.2, 0) is 11.5 Å². The van der Waals surface area contributed by atoms with Crippen molar-refractivity contribution in [2.24, 2.45) is 0 Å². The second kappa shape index (κ2) is 7.51. The number of thioether (sulfide) groups is 2. The Morgan fingerprint density at radius 3 is 2.70 bits per heavy atom. The largest absolute Gasteiger partial charge is 0.497 e. The standard InChI is InChI=1S/C14H14N4O3S2/c1-19-10-5-3-9(4-6-10)13-15-11(18-21-13)7-23-14-17-16-12(20-14)8-22-2/h3-6H,7-8H2,1-2H3. The number of hydrogen-bond donors (Lipinski definition) is 0. The first-order valence-electron chi connectivity index (χ1n) is 6.69. The lowest BCUT2D eigenvalue weighted by Gasteiger charge is -1.98. The van der Waals surface area contributed by atoms with Crippen molar-refractivity contribution < 1.29 is 13.7 Å². The minimum atomic E-state index is 0.469. The summed E-state index contributed by atoms with van der Waals surface area (Å²) in [5.41, 5.74) is 0.842. The monoisotopic (exact) mass is 350 g/mol. The van der Waals surface area contributed by atoms with E-state index in [-0.39, 0.29) is 0 Å². The third-order valence-corrected chi connectivity index (χ3v) is 4.20. The van der Waals surface area contributed by atoms with E-state index >= 15 is 0 Å². The molecule has 0 amide bonds. The summed E-state index contributed by atoms with van der Waals surface area (Å²) >= 11 is 3.01. The van der Waals surface area contributed by atoms with Gasteiger partial charge in [0.15, 0.2) is 5.82 Å². The van der Waals surface area contributed by atoms with E-state index in [2.05, 4.69) is 20.3 Å². The molecule has 0 N–H and O–H groups in total. The zero-order chi connectivity index (χ0) is 16.1. The molecule has 0 saturated heterocycles. The Bertz CT molecular complexity index is 757. The molecule has 3 rings (SSSR count). The summed E-state index contributed by atoms with van der Waals surface area (Å²) in [7, 11) is 1.62. The minimum Gasteiger partial charge on any atom is -0.497 e. The molecular weight excluding hydrogens is 336 g/mol. The van der Waals surface area contributed by atoms with Gasteiger partial charge in [-0.1, -0.05) is 16.9 Å². The molecule has 120 valence electrons. The first-order valence-corrected chi connectivity index (χ1v) is 9.07. The Morgan fingerprint density at radius 1 is 1.13 bits per heavy atom. The van der Waals surface area contributed by atoms with Crippen LogP contribution in [0.4, 0.5) is 0 Å². The second-order valence-electron chi connectivity index (χ2n) is 4.43. The molecule has 2 aromatic heterocycles. The lowest BCUT2D eigenvalue weighted by molar-refractivity contribution is 0.414. The summed E-state index contributed by atoms with van der Waals surface area (Å²) in [6, 6.07) is 7.44. The highest BCUT2D eigenvalue weighted by Crippen LogP contribution is 2.24. The summed E-state index contributed by atoms with van der Waals surface area (Å²) in [5.74, 6) is 3.65. The molecule has 0 saturated carbocycles.